The quantitative estimate of drug-likeness (QED) is 0.606. The van der Waals surface area contributed by atoms with Gasteiger partial charge in [-0.2, -0.15) is 4.68 Å². The molecule has 7 nitrogen and oxygen atoms in total. The van der Waals surface area contributed by atoms with E-state index in [1.54, 1.807) is 4.68 Å². The Labute approximate surface area is 156 Å². The number of fused-ring (bicyclic) bond motifs is 1. The van der Waals surface area contributed by atoms with E-state index in [4.69, 9.17) is 4.98 Å². The minimum atomic E-state index is 0.358. The Hall–Kier alpha value is -3.09. The number of hydrogen-bond donors (Lipinski definition) is 1. The number of imidazole rings is 1. The number of H-pyrrole nitrogens is 1. The van der Waals surface area contributed by atoms with Crippen LogP contribution in [-0.2, 0) is 0 Å². The van der Waals surface area contributed by atoms with Crippen LogP contribution >= 0.6 is 0 Å². The van der Waals surface area contributed by atoms with Gasteiger partial charge in [0.05, 0.1) is 16.7 Å². The Morgan fingerprint density at radius 1 is 0.926 bits per heavy atom. The molecule has 0 amide bonds. The molecule has 1 aliphatic rings. The summed E-state index contributed by atoms with van der Waals surface area (Å²) in [6.07, 6.45) is 1.05. The van der Waals surface area contributed by atoms with Gasteiger partial charge in [0.15, 0.2) is 5.82 Å². The third kappa shape index (κ3) is 2.79. The van der Waals surface area contributed by atoms with Gasteiger partial charge in [-0.3, -0.25) is 0 Å². The van der Waals surface area contributed by atoms with Gasteiger partial charge in [0.1, 0.15) is 23.3 Å². The number of nitrogens with one attached hydrogen (secondary N) is 1. The molecule has 0 radical (unpaired) electrons. The SMILES string of the molecule is Cc1ccc2nc([C@@H]3C[C@H]3c3cc(-n4nc(C)nc4C)nc(C)n3)[nH]c2c1. The third-order valence-electron chi connectivity index (χ3n) is 5.11. The number of hydrogen-bond acceptors (Lipinski definition) is 5. The van der Waals surface area contributed by atoms with Crippen LogP contribution < -0.4 is 0 Å². The maximum Gasteiger partial charge on any atom is 0.159 e. The predicted octanol–water partition coefficient (Wildman–Crippen LogP) is 3.44. The van der Waals surface area contributed by atoms with Gasteiger partial charge in [-0.05, 0) is 51.8 Å². The summed E-state index contributed by atoms with van der Waals surface area (Å²) in [4.78, 5) is 21.9. The highest BCUT2D eigenvalue weighted by Crippen LogP contribution is 2.53. The van der Waals surface area contributed by atoms with Gasteiger partial charge in [0, 0.05) is 17.9 Å². The Kier molecular flexibility index (Phi) is 3.40. The second-order valence-electron chi connectivity index (χ2n) is 7.41. The monoisotopic (exact) mass is 359 g/mol. The second-order valence-corrected chi connectivity index (χ2v) is 7.41. The van der Waals surface area contributed by atoms with Crippen LogP contribution in [0.5, 0.6) is 0 Å². The van der Waals surface area contributed by atoms with Crippen molar-refractivity contribution in [2.24, 2.45) is 0 Å². The highest BCUT2D eigenvalue weighted by atomic mass is 15.4. The summed E-state index contributed by atoms with van der Waals surface area (Å²) >= 11 is 0. The van der Waals surface area contributed by atoms with Gasteiger partial charge in [-0.1, -0.05) is 6.07 Å². The molecular weight excluding hydrogens is 338 g/mol. The van der Waals surface area contributed by atoms with E-state index in [2.05, 4.69) is 50.2 Å². The number of aromatic amines is 1. The molecule has 1 aliphatic carbocycles. The van der Waals surface area contributed by atoms with Gasteiger partial charge in [0.25, 0.3) is 0 Å². The van der Waals surface area contributed by atoms with Crippen molar-refractivity contribution in [3.05, 3.63) is 58.8 Å². The zero-order valence-electron chi connectivity index (χ0n) is 15.9. The molecule has 3 aromatic heterocycles. The number of rotatable bonds is 3. The summed E-state index contributed by atoms with van der Waals surface area (Å²) in [5.41, 5.74) is 4.41. The van der Waals surface area contributed by atoms with E-state index in [9.17, 15) is 0 Å². The summed E-state index contributed by atoms with van der Waals surface area (Å²) in [6.45, 7) is 7.85. The topological polar surface area (TPSA) is 85.2 Å². The van der Waals surface area contributed by atoms with Crippen molar-refractivity contribution in [1.82, 2.24) is 34.7 Å². The molecule has 136 valence electrons. The van der Waals surface area contributed by atoms with Crippen molar-refractivity contribution in [2.75, 3.05) is 0 Å². The first-order valence-electron chi connectivity index (χ1n) is 9.20. The lowest BCUT2D eigenvalue weighted by Crippen LogP contribution is -2.06. The van der Waals surface area contributed by atoms with E-state index in [0.717, 1.165) is 52.3 Å². The summed E-state index contributed by atoms with van der Waals surface area (Å²) in [7, 11) is 0. The van der Waals surface area contributed by atoms with Crippen LogP contribution in [0.15, 0.2) is 24.3 Å². The van der Waals surface area contributed by atoms with Crippen LogP contribution in [0.2, 0.25) is 0 Å². The minimum absolute atomic E-state index is 0.358. The van der Waals surface area contributed by atoms with Crippen LogP contribution in [0, 0.1) is 27.7 Å². The largest absolute Gasteiger partial charge is 0.342 e. The van der Waals surface area contributed by atoms with E-state index >= 15 is 0 Å². The maximum absolute atomic E-state index is 4.79. The molecule has 1 saturated carbocycles. The molecule has 3 heterocycles. The van der Waals surface area contributed by atoms with Crippen molar-refractivity contribution < 1.29 is 0 Å². The van der Waals surface area contributed by atoms with E-state index in [-0.39, 0.29) is 0 Å². The molecule has 1 fully saturated rings. The van der Waals surface area contributed by atoms with Gasteiger partial charge in [-0.15, -0.1) is 5.10 Å². The molecule has 0 aliphatic heterocycles. The van der Waals surface area contributed by atoms with Crippen LogP contribution in [-0.4, -0.2) is 34.7 Å². The van der Waals surface area contributed by atoms with E-state index < -0.39 is 0 Å². The molecule has 1 aromatic carbocycles. The van der Waals surface area contributed by atoms with Crippen LogP contribution in [0.4, 0.5) is 0 Å². The summed E-state index contributed by atoms with van der Waals surface area (Å²) < 4.78 is 1.79. The average molecular weight is 359 g/mol. The predicted molar refractivity (Wildman–Crippen MR) is 102 cm³/mol. The lowest BCUT2D eigenvalue weighted by atomic mass is 10.2. The smallest absolute Gasteiger partial charge is 0.159 e. The molecule has 27 heavy (non-hydrogen) atoms. The Bertz CT molecular complexity index is 1170. The molecule has 0 spiro atoms. The van der Waals surface area contributed by atoms with Gasteiger partial charge < -0.3 is 4.98 Å². The summed E-state index contributed by atoms with van der Waals surface area (Å²) in [5.74, 6) is 4.88. The van der Waals surface area contributed by atoms with Gasteiger partial charge in [-0.25, -0.2) is 19.9 Å². The van der Waals surface area contributed by atoms with Crippen molar-refractivity contribution in [3.8, 4) is 5.82 Å². The lowest BCUT2D eigenvalue weighted by Gasteiger charge is -2.06. The number of aryl methyl sites for hydroxylation is 4. The first-order valence-corrected chi connectivity index (χ1v) is 9.20. The van der Waals surface area contributed by atoms with Crippen LogP contribution in [0.1, 0.15) is 52.8 Å². The van der Waals surface area contributed by atoms with E-state index in [1.807, 2.05) is 26.8 Å². The number of aromatic nitrogens is 7. The summed E-state index contributed by atoms with van der Waals surface area (Å²) in [6, 6.07) is 8.35. The molecule has 2 atom stereocenters. The molecule has 0 saturated heterocycles. The van der Waals surface area contributed by atoms with E-state index in [0.29, 0.717) is 11.8 Å². The molecule has 7 heteroatoms. The molecule has 4 aromatic rings. The normalized spacial score (nSPS) is 19.0. The minimum Gasteiger partial charge on any atom is -0.342 e. The fraction of sp³-hybridized carbons (Fsp3) is 0.350. The highest BCUT2D eigenvalue weighted by Gasteiger charge is 2.43. The zero-order valence-corrected chi connectivity index (χ0v) is 15.9. The van der Waals surface area contributed by atoms with Gasteiger partial charge >= 0.3 is 0 Å². The number of benzene rings is 1. The van der Waals surface area contributed by atoms with E-state index in [1.165, 1.54) is 5.56 Å². The van der Waals surface area contributed by atoms with Gasteiger partial charge in [0.2, 0.25) is 0 Å². The Morgan fingerprint density at radius 2 is 1.78 bits per heavy atom. The standard InChI is InChI=1S/C20H21N7/c1-10-5-6-16-18(7-10)25-20(24-16)15-8-14(15)17-9-19(23-11(2)22-17)27-13(4)21-12(3)26-27/h5-7,9,14-15H,8H2,1-4H3,(H,24,25)/t14-,15-/m1/s1. The van der Waals surface area contributed by atoms with Crippen LogP contribution in [0.3, 0.4) is 0 Å². The number of nitrogens with zero attached hydrogens (tertiary/aromatic N) is 6. The Balaban J connectivity index is 1.48. The summed E-state index contributed by atoms with van der Waals surface area (Å²) in [5, 5.41) is 4.45. The van der Waals surface area contributed by atoms with Crippen molar-refractivity contribution in [2.45, 2.75) is 46.0 Å². The third-order valence-corrected chi connectivity index (χ3v) is 5.11. The first kappa shape index (κ1) is 16.1. The molecule has 1 N–H and O–H groups in total. The molecule has 5 rings (SSSR count). The fourth-order valence-corrected chi connectivity index (χ4v) is 3.75. The molecule has 0 unspecified atom stereocenters. The van der Waals surface area contributed by atoms with Crippen LogP contribution in [0.25, 0.3) is 16.9 Å². The fourth-order valence-electron chi connectivity index (χ4n) is 3.75. The zero-order chi connectivity index (χ0) is 18.7. The Morgan fingerprint density at radius 3 is 2.56 bits per heavy atom. The van der Waals surface area contributed by atoms with Crippen molar-refractivity contribution >= 4 is 11.0 Å². The van der Waals surface area contributed by atoms with Crippen molar-refractivity contribution in [3.63, 3.8) is 0 Å². The molecule has 0 bridgehead atoms. The van der Waals surface area contributed by atoms with Crippen molar-refractivity contribution in [1.29, 1.82) is 0 Å². The maximum atomic E-state index is 4.79. The average Bonchev–Trinajstić information content (AvgIpc) is 3.20. The molecular formula is C20H21N7. The first-order chi connectivity index (χ1) is 13.0. The highest BCUT2D eigenvalue weighted by molar-refractivity contribution is 5.76. The second kappa shape index (κ2) is 5.70. The lowest BCUT2D eigenvalue weighted by molar-refractivity contribution is 0.777.